The Kier molecular flexibility index (Phi) is 6.13. The zero-order valence-electron chi connectivity index (χ0n) is 18.8. The third-order valence-corrected chi connectivity index (χ3v) is 7.05. The third kappa shape index (κ3) is 4.82. The van der Waals surface area contributed by atoms with Crippen molar-refractivity contribution in [2.75, 3.05) is 18.4 Å². The van der Waals surface area contributed by atoms with E-state index in [0.29, 0.717) is 48.0 Å². The fourth-order valence-corrected chi connectivity index (χ4v) is 5.06. The van der Waals surface area contributed by atoms with Gasteiger partial charge in [0.15, 0.2) is 17.2 Å². The largest absolute Gasteiger partial charge is 0.436 e. The first kappa shape index (κ1) is 23.5. The fraction of sp³-hybridized carbons (Fsp3) is 0.400. The van der Waals surface area contributed by atoms with Crippen LogP contribution in [0.2, 0.25) is 5.02 Å². The summed E-state index contributed by atoms with van der Waals surface area (Å²) in [6.07, 6.45) is 2.87. The van der Waals surface area contributed by atoms with Crippen molar-refractivity contribution in [2.24, 2.45) is 5.92 Å². The molecule has 2 atom stereocenters. The molecule has 1 aliphatic carbocycles. The van der Waals surface area contributed by atoms with Crippen LogP contribution in [0.5, 0.6) is 0 Å². The number of halogens is 3. The summed E-state index contributed by atoms with van der Waals surface area (Å²) in [6.45, 7) is 0.554. The molecule has 1 spiro atoms. The highest BCUT2D eigenvalue weighted by molar-refractivity contribution is 6.30. The number of hydrogen-bond donors (Lipinski definition) is 2. The van der Waals surface area contributed by atoms with Crippen molar-refractivity contribution in [3.05, 3.63) is 64.2 Å². The van der Waals surface area contributed by atoms with E-state index in [9.17, 15) is 23.2 Å². The lowest BCUT2D eigenvalue weighted by molar-refractivity contribution is -0.141. The summed E-state index contributed by atoms with van der Waals surface area (Å²) in [5.41, 5.74) is 0.168. The van der Waals surface area contributed by atoms with E-state index in [1.807, 2.05) is 0 Å². The van der Waals surface area contributed by atoms with Gasteiger partial charge in [-0.2, -0.15) is 0 Å². The highest BCUT2D eigenvalue weighted by Crippen LogP contribution is 2.43. The van der Waals surface area contributed by atoms with Crippen molar-refractivity contribution in [3.8, 4) is 0 Å². The number of carbonyl (C=O) groups is 3. The molecule has 1 unspecified atom stereocenters. The van der Waals surface area contributed by atoms with Crippen LogP contribution in [0.15, 0.2) is 36.4 Å². The smallest absolute Gasteiger partial charge is 0.412 e. The van der Waals surface area contributed by atoms with Gasteiger partial charge < -0.3 is 15.0 Å². The molecule has 2 N–H and O–H groups in total. The highest BCUT2D eigenvalue weighted by Gasteiger charge is 2.47. The van der Waals surface area contributed by atoms with E-state index in [4.69, 9.17) is 16.3 Å². The molecule has 2 fully saturated rings. The van der Waals surface area contributed by atoms with E-state index in [0.717, 1.165) is 25.0 Å². The van der Waals surface area contributed by atoms with E-state index in [1.54, 1.807) is 23.1 Å². The number of nitrogens with one attached hydrogen (secondary N) is 2. The van der Waals surface area contributed by atoms with Crippen molar-refractivity contribution in [3.63, 3.8) is 0 Å². The van der Waals surface area contributed by atoms with Crippen LogP contribution in [0.3, 0.4) is 0 Å². The molecule has 3 aliphatic rings. The van der Waals surface area contributed by atoms with Crippen molar-refractivity contribution in [1.82, 2.24) is 10.2 Å². The topological polar surface area (TPSA) is 87.7 Å². The molecule has 35 heavy (non-hydrogen) atoms. The van der Waals surface area contributed by atoms with Gasteiger partial charge in [0, 0.05) is 22.7 Å². The molecule has 0 radical (unpaired) electrons. The number of carbonyl (C=O) groups excluding carboxylic acids is 3. The molecule has 7 nitrogen and oxygen atoms in total. The van der Waals surface area contributed by atoms with Gasteiger partial charge in [-0.1, -0.05) is 24.4 Å². The molecule has 2 heterocycles. The third-order valence-electron chi connectivity index (χ3n) is 6.82. The SMILES string of the molecule is O=C1Nc2ccc(Cl)cc2C2(CCCN(C(=O)[C@H](CC3CC3)NC(=O)c3ccc(F)c(F)c3)C2)O1. The summed E-state index contributed by atoms with van der Waals surface area (Å²) in [7, 11) is 0. The first-order valence-electron chi connectivity index (χ1n) is 11.6. The number of benzene rings is 2. The monoisotopic (exact) mass is 503 g/mol. The number of rotatable bonds is 5. The molecule has 0 bridgehead atoms. The van der Waals surface area contributed by atoms with Crippen molar-refractivity contribution in [1.29, 1.82) is 0 Å². The second-order valence-electron chi connectivity index (χ2n) is 9.40. The molecule has 1 saturated heterocycles. The van der Waals surface area contributed by atoms with Gasteiger partial charge in [-0.05, 0) is 61.6 Å². The maximum atomic E-state index is 13.6. The van der Waals surface area contributed by atoms with Gasteiger partial charge in [0.25, 0.3) is 5.91 Å². The molecular formula is C25H24ClF2N3O4. The zero-order chi connectivity index (χ0) is 24.7. The van der Waals surface area contributed by atoms with E-state index >= 15 is 0 Å². The lowest BCUT2D eigenvalue weighted by atomic mass is 9.83. The molecule has 3 amide bonds. The number of amides is 3. The Labute approximate surface area is 205 Å². The highest BCUT2D eigenvalue weighted by atomic mass is 35.5. The van der Waals surface area contributed by atoms with Gasteiger partial charge in [-0.3, -0.25) is 14.9 Å². The number of anilines is 1. The quantitative estimate of drug-likeness (QED) is 0.624. The second-order valence-corrected chi connectivity index (χ2v) is 9.83. The van der Waals surface area contributed by atoms with E-state index in [2.05, 4.69) is 10.6 Å². The van der Waals surface area contributed by atoms with Gasteiger partial charge >= 0.3 is 6.09 Å². The molecule has 5 rings (SSSR count). The number of hydrogen-bond acceptors (Lipinski definition) is 4. The van der Waals surface area contributed by atoms with Crippen molar-refractivity contribution >= 4 is 35.2 Å². The van der Waals surface area contributed by atoms with Gasteiger partial charge in [0.2, 0.25) is 5.91 Å². The predicted molar refractivity (Wildman–Crippen MR) is 124 cm³/mol. The average molecular weight is 504 g/mol. The lowest BCUT2D eigenvalue weighted by Crippen LogP contribution is -2.57. The van der Waals surface area contributed by atoms with Crippen LogP contribution >= 0.6 is 11.6 Å². The molecule has 0 aromatic heterocycles. The van der Waals surface area contributed by atoms with E-state index < -0.39 is 35.3 Å². The van der Waals surface area contributed by atoms with Crippen LogP contribution in [-0.4, -0.2) is 41.9 Å². The minimum absolute atomic E-state index is 0.0662. The van der Waals surface area contributed by atoms with Crippen LogP contribution in [0, 0.1) is 17.6 Å². The first-order chi connectivity index (χ1) is 16.7. The number of fused-ring (bicyclic) bond motifs is 2. The maximum absolute atomic E-state index is 13.6. The summed E-state index contributed by atoms with van der Waals surface area (Å²) in [4.78, 5) is 40.3. The molecule has 1 saturated carbocycles. The summed E-state index contributed by atoms with van der Waals surface area (Å²) >= 11 is 6.22. The lowest BCUT2D eigenvalue weighted by Gasteiger charge is -2.45. The zero-order valence-corrected chi connectivity index (χ0v) is 19.5. The van der Waals surface area contributed by atoms with Crippen molar-refractivity contribution < 1.29 is 27.9 Å². The minimum Gasteiger partial charge on any atom is -0.436 e. The van der Waals surface area contributed by atoms with Gasteiger partial charge in [0.1, 0.15) is 6.04 Å². The minimum atomic E-state index is -1.13. The molecule has 2 aromatic rings. The maximum Gasteiger partial charge on any atom is 0.412 e. The van der Waals surface area contributed by atoms with Gasteiger partial charge in [-0.15, -0.1) is 0 Å². The molecule has 184 valence electrons. The van der Waals surface area contributed by atoms with Gasteiger partial charge in [-0.25, -0.2) is 13.6 Å². The standard InChI is InChI=1S/C25H24ClF2N3O4/c26-16-5-7-20-17(12-16)25(35-24(34)30-20)8-1-9-31(13-25)23(33)21(10-14-2-3-14)29-22(32)15-4-6-18(27)19(28)11-15/h4-7,11-12,14,21H,1-3,8-10,13H2,(H,29,32)(H,30,34)/t21-,25?/m0/s1. The Morgan fingerprint density at radius 2 is 2.00 bits per heavy atom. The predicted octanol–water partition coefficient (Wildman–Crippen LogP) is 4.60. The number of piperidine rings is 1. The van der Waals surface area contributed by atoms with Crippen LogP contribution in [0.4, 0.5) is 19.3 Å². The van der Waals surface area contributed by atoms with Crippen molar-refractivity contribution in [2.45, 2.75) is 43.7 Å². The normalized spacial score (nSPS) is 22.1. The summed E-state index contributed by atoms with van der Waals surface area (Å²) in [6, 6.07) is 7.14. The number of nitrogens with zero attached hydrogens (tertiary/aromatic N) is 1. The molecule has 10 heteroatoms. The first-order valence-corrected chi connectivity index (χ1v) is 12.0. The Balaban J connectivity index is 1.38. The van der Waals surface area contributed by atoms with E-state index in [-0.39, 0.29) is 18.0 Å². The van der Waals surface area contributed by atoms with E-state index in [1.165, 1.54) is 6.07 Å². The Bertz CT molecular complexity index is 1210. The van der Waals surface area contributed by atoms with Gasteiger partial charge in [0.05, 0.1) is 12.2 Å². The Morgan fingerprint density at radius 1 is 1.20 bits per heavy atom. The molecule has 2 aromatic carbocycles. The van der Waals surface area contributed by atoms with Crippen LogP contribution < -0.4 is 10.6 Å². The summed E-state index contributed by atoms with van der Waals surface area (Å²) in [5, 5.41) is 5.87. The second kappa shape index (κ2) is 9.11. The number of ether oxygens (including phenoxy) is 1. The summed E-state index contributed by atoms with van der Waals surface area (Å²) < 4.78 is 32.7. The Hall–Kier alpha value is -3.20. The molecular weight excluding hydrogens is 480 g/mol. The molecule has 2 aliphatic heterocycles. The average Bonchev–Trinajstić information content (AvgIpc) is 3.64. The number of likely N-dealkylation sites (tertiary alicyclic amines) is 1. The Morgan fingerprint density at radius 3 is 2.74 bits per heavy atom. The van der Waals surface area contributed by atoms with Crippen LogP contribution in [-0.2, 0) is 15.1 Å². The fourth-order valence-electron chi connectivity index (χ4n) is 4.89. The summed E-state index contributed by atoms with van der Waals surface area (Å²) in [5.74, 6) is -2.83. The van der Waals surface area contributed by atoms with Crippen LogP contribution in [0.25, 0.3) is 0 Å². The van der Waals surface area contributed by atoms with Crippen LogP contribution in [0.1, 0.15) is 48.0 Å².